The average molecular weight is 949 g/mol. The zero-order valence-electron chi connectivity index (χ0n) is 37.2. The SMILES string of the molecule is CC(=O)C1(C(=O)Nc2ccc3c(c2)c(-c2ccc(F)cc2)nn3C)CCN(CC(=O)N2CCN(c3ccc(-c4ncccn4)cn3)C[C@H]2C)C1.N/N=N/N=N/N=N/N=N/N.N=N/N=N/N=N/N=N/N. The number of nitrogens with two attached hydrogens (primary N) is 3. The number of benzene rings is 2. The van der Waals surface area contributed by atoms with E-state index in [0.717, 1.165) is 27.8 Å². The van der Waals surface area contributed by atoms with E-state index < -0.39 is 11.3 Å². The molecule has 0 bridgehead atoms. The highest BCUT2D eigenvalue weighted by Crippen LogP contribution is 2.35. The second kappa shape index (κ2) is 25.4. The fourth-order valence-electron chi connectivity index (χ4n) is 7.26. The monoisotopic (exact) mass is 948 g/mol. The number of aromatic nitrogens is 5. The van der Waals surface area contributed by atoms with E-state index in [1.165, 1.54) is 19.1 Å². The average Bonchev–Trinajstić information content (AvgIpc) is 3.95. The van der Waals surface area contributed by atoms with Gasteiger partial charge in [0.25, 0.3) is 0 Å². The second-order valence-corrected chi connectivity index (χ2v) is 14.6. The Balaban J connectivity index is 0.000000393. The summed E-state index contributed by atoms with van der Waals surface area (Å²) in [5.74, 6) is 14.0. The minimum atomic E-state index is -1.28. The molecule has 0 spiro atoms. The number of hydrogen-bond acceptors (Lipinski definition) is 13. The van der Waals surface area contributed by atoms with E-state index in [-0.39, 0.29) is 36.6 Å². The first kappa shape index (κ1) is 50.6. The van der Waals surface area contributed by atoms with Crippen LogP contribution in [0.1, 0.15) is 20.3 Å². The number of rotatable bonds is 14. The van der Waals surface area contributed by atoms with Gasteiger partial charge in [-0.05, 0) is 144 Å². The van der Waals surface area contributed by atoms with Crippen molar-refractivity contribution in [1.29, 1.82) is 5.53 Å². The summed E-state index contributed by atoms with van der Waals surface area (Å²) in [5, 5.41) is 50.7. The number of halogens is 1. The maximum absolute atomic E-state index is 13.8. The van der Waals surface area contributed by atoms with E-state index in [4.69, 9.17) is 5.53 Å². The molecule has 31 nitrogen and oxygen atoms in total. The van der Waals surface area contributed by atoms with Gasteiger partial charge in [-0.2, -0.15) is 10.6 Å². The minimum Gasteiger partial charge on any atom is -0.353 e. The highest BCUT2D eigenvalue weighted by molar-refractivity contribution is 6.12. The summed E-state index contributed by atoms with van der Waals surface area (Å²) in [6.07, 6.45) is 5.47. The lowest BCUT2D eigenvalue weighted by Gasteiger charge is -2.41. The first-order valence-corrected chi connectivity index (χ1v) is 20.3. The molecule has 5 aromatic rings. The lowest BCUT2D eigenvalue weighted by atomic mass is 9.82. The fraction of sp³-hybridized carbons (Fsp3) is 0.324. The number of pyridine rings is 1. The third kappa shape index (κ3) is 13.8. The van der Waals surface area contributed by atoms with Gasteiger partial charge < -0.3 is 32.6 Å². The number of nitrogens with one attached hydrogen (secondary N) is 2. The Morgan fingerprint density at radius 1 is 0.812 bits per heavy atom. The number of aryl methyl sites for hydroxylation is 1. The number of Topliss-reactive ketones (excluding diaryl/α,β-unsaturated/α-hetero) is 1. The van der Waals surface area contributed by atoms with Gasteiger partial charge in [-0.15, -0.1) is 0 Å². The van der Waals surface area contributed by atoms with E-state index in [1.54, 1.807) is 47.5 Å². The molecule has 2 atom stereocenters. The van der Waals surface area contributed by atoms with Gasteiger partial charge in [0, 0.05) is 86.6 Å². The summed E-state index contributed by atoms with van der Waals surface area (Å²) in [6, 6.07) is 17.2. The molecule has 358 valence electrons. The Morgan fingerprint density at radius 2 is 1.43 bits per heavy atom. The standard InChI is InChI=1S/C37H38FN9O3.H4N10.H3N9/c1-24-21-46(32-12-7-27(20-41-32)35-39-14-4-15-40-35)17-18-47(24)33(49)22-45-16-13-37(23-45,25(2)48)36(50)42-29-10-11-31-30(19-29)34(43-44(31)3)26-5-8-28(38)9-6-26;1-3-5-7-9-10-8-6-4-2;1-3-5-7-9-8-6-4-2/h4-12,14-15,19-20,24H,13,16-18,21-23H2,1-3H3,(H,42,50);(H2,1,4,5,8,9)(H2,2,3,6,7,10);(H3,1,2,5,6,9)/t24-,37?;;/m1../s1. The van der Waals surface area contributed by atoms with E-state index in [0.29, 0.717) is 49.8 Å². The van der Waals surface area contributed by atoms with Gasteiger partial charge >= 0.3 is 0 Å². The normalized spacial score (nSPS) is 17.7. The van der Waals surface area contributed by atoms with Crippen molar-refractivity contribution in [3.05, 3.63) is 85.1 Å². The number of amides is 2. The molecule has 5 heterocycles. The third-order valence-electron chi connectivity index (χ3n) is 10.4. The molecule has 1 unspecified atom stereocenters. The van der Waals surface area contributed by atoms with Crippen molar-refractivity contribution in [2.24, 2.45) is 108 Å². The number of anilines is 2. The van der Waals surface area contributed by atoms with Crippen LogP contribution in [-0.4, -0.2) is 97.4 Å². The Bertz CT molecular complexity index is 2710. The topological polar surface area (TPSA) is 417 Å². The molecule has 32 heteroatoms. The molecule has 2 amide bonds. The fourth-order valence-corrected chi connectivity index (χ4v) is 7.26. The van der Waals surface area contributed by atoms with Crippen LogP contribution in [0.2, 0.25) is 0 Å². The van der Waals surface area contributed by atoms with Crippen LogP contribution >= 0.6 is 0 Å². The van der Waals surface area contributed by atoms with Crippen molar-refractivity contribution in [2.75, 3.05) is 49.5 Å². The zero-order valence-corrected chi connectivity index (χ0v) is 37.2. The van der Waals surface area contributed by atoms with Crippen LogP contribution in [0.3, 0.4) is 0 Å². The summed E-state index contributed by atoms with van der Waals surface area (Å²) in [6.45, 7) is 5.99. The molecule has 8 N–H and O–H groups in total. The molecule has 2 fully saturated rings. The molecular formula is C37H45FN28O3. The Kier molecular flexibility index (Phi) is 18.6. The summed E-state index contributed by atoms with van der Waals surface area (Å²) < 4.78 is 15.3. The van der Waals surface area contributed by atoms with Gasteiger partial charge in [0.15, 0.2) is 5.82 Å². The van der Waals surface area contributed by atoms with Crippen LogP contribution in [0.15, 0.2) is 158 Å². The van der Waals surface area contributed by atoms with Crippen molar-refractivity contribution < 1.29 is 18.8 Å². The van der Waals surface area contributed by atoms with Crippen molar-refractivity contribution in [3.63, 3.8) is 0 Å². The number of carbonyl (C=O) groups is 3. The molecule has 69 heavy (non-hydrogen) atoms. The van der Waals surface area contributed by atoms with E-state index >= 15 is 0 Å². The van der Waals surface area contributed by atoms with Crippen LogP contribution in [-0.2, 0) is 21.4 Å². The second-order valence-electron chi connectivity index (χ2n) is 14.6. The van der Waals surface area contributed by atoms with E-state index in [9.17, 15) is 18.8 Å². The molecule has 3 aromatic heterocycles. The lowest BCUT2D eigenvalue weighted by Crippen LogP contribution is -2.56. The molecule has 7 rings (SSSR count). The van der Waals surface area contributed by atoms with Gasteiger partial charge in [-0.3, -0.25) is 24.0 Å². The van der Waals surface area contributed by atoms with Crippen molar-refractivity contribution in [2.45, 2.75) is 26.3 Å². The Labute approximate surface area is 390 Å². The van der Waals surface area contributed by atoms with Crippen LogP contribution < -0.4 is 27.7 Å². The van der Waals surface area contributed by atoms with Crippen molar-refractivity contribution in [1.82, 2.24) is 34.5 Å². The molecule has 2 aromatic carbocycles. The molecule has 0 aliphatic carbocycles. The number of carbonyl (C=O) groups excluding carboxylic acids is 3. The van der Waals surface area contributed by atoms with Crippen LogP contribution in [0.25, 0.3) is 33.5 Å². The first-order valence-electron chi connectivity index (χ1n) is 20.3. The van der Waals surface area contributed by atoms with Gasteiger partial charge in [-0.25, -0.2) is 19.3 Å². The Morgan fingerprint density at radius 3 is 2.01 bits per heavy atom. The predicted octanol–water partition coefficient (Wildman–Crippen LogP) is 5.47. The van der Waals surface area contributed by atoms with Gasteiger partial charge in [-0.1, -0.05) is 15.7 Å². The summed E-state index contributed by atoms with van der Waals surface area (Å²) in [7, 11) is 1.82. The minimum absolute atomic E-state index is 0.0307. The van der Waals surface area contributed by atoms with Crippen LogP contribution in [0.4, 0.5) is 15.9 Å². The lowest BCUT2D eigenvalue weighted by molar-refractivity contribution is -0.139. The number of hydrogen-bond donors (Lipinski definition) is 5. The third-order valence-corrected chi connectivity index (χ3v) is 10.4. The number of piperazine rings is 1. The summed E-state index contributed by atoms with van der Waals surface area (Å²) >= 11 is 0. The molecule has 2 aliphatic heterocycles. The number of ketones is 1. The smallest absolute Gasteiger partial charge is 0.239 e. The van der Waals surface area contributed by atoms with Crippen molar-refractivity contribution >= 4 is 40.0 Å². The van der Waals surface area contributed by atoms with Gasteiger partial charge in [0.2, 0.25) is 11.8 Å². The quantitative estimate of drug-likeness (QED) is 0.0400. The highest BCUT2D eigenvalue weighted by atomic mass is 19.1. The largest absolute Gasteiger partial charge is 0.353 e. The van der Waals surface area contributed by atoms with Gasteiger partial charge in [0.05, 0.1) is 12.1 Å². The molecule has 0 saturated carbocycles. The highest BCUT2D eigenvalue weighted by Gasteiger charge is 2.49. The maximum atomic E-state index is 13.8. The predicted molar refractivity (Wildman–Crippen MR) is 239 cm³/mol. The molecule has 2 aliphatic rings. The van der Waals surface area contributed by atoms with Crippen LogP contribution in [0.5, 0.6) is 0 Å². The number of likely N-dealkylation sites (tertiary alicyclic amines) is 1. The van der Waals surface area contributed by atoms with Crippen LogP contribution in [0, 0.1) is 16.8 Å². The van der Waals surface area contributed by atoms with Gasteiger partial charge in [0.1, 0.15) is 28.5 Å². The molecular weight excluding hydrogens is 904 g/mol. The summed E-state index contributed by atoms with van der Waals surface area (Å²) in [4.78, 5) is 59.6. The molecule has 2 saturated heterocycles. The summed E-state index contributed by atoms with van der Waals surface area (Å²) in [5.41, 5.74) is 8.40. The first-order chi connectivity index (χ1) is 33.4. The van der Waals surface area contributed by atoms with E-state index in [1.807, 2.05) is 48.0 Å². The number of fused-ring (bicyclic) bond motifs is 1. The Hall–Kier alpha value is -9.36. The molecule has 0 radical (unpaired) electrons. The van der Waals surface area contributed by atoms with Crippen molar-refractivity contribution in [3.8, 4) is 22.6 Å². The maximum Gasteiger partial charge on any atom is 0.239 e. The number of nitrogens with zero attached hydrogens (tertiary/aromatic N) is 23. The van der Waals surface area contributed by atoms with E-state index in [2.05, 4.69) is 126 Å². The zero-order chi connectivity index (χ0) is 49.6.